The molecule has 0 aliphatic carbocycles. The topological polar surface area (TPSA) is 304 Å². The summed E-state index contributed by atoms with van der Waals surface area (Å²) in [5, 5.41) is 63.5. The van der Waals surface area contributed by atoms with Crippen molar-refractivity contribution in [1.82, 2.24) is 20.7 Å². The molecule has 1 atom stereocenters. The maximum Gasteiger partial charge on any atom is 0.339 e. The van der Waals surface area contributed by atoms with Gasteiger partial charge in [-0.3, -0.25) is 24.0 Å². The number of carbonyl (C=O) groups is 6. The van der Waals surface area contributed by atoms with Gasteiger partial charge in [-0.25, -0.2) is 4.79 Å². The lowest BCUT2D eigenvalue weighted by Gasteiger charge is -2.18. The first-order valence-electron chi connectivity index (χ1n) is 19.3. The van der Waals surface area contributed by atoms with Crippen LogP contribution in [0.5, 0.6) is 28.7 Å². The number of methoxy groups -OCH3 is 2. The molecule has 0 saturated carbocycles. The number of carboxylic acids is 1. The number of H-pyrrole nitrogens is 1. The Morgan fingerprint density at radius 2 is 1.20 bits per heavy atom. The van der Waals surface area contributed by atoms with Gasteiger partial charge >= 0.3 is 5.97 Å². The van der Waals surface area contributed by atoms with Gasteiger partial charge in [-0.2, -0.15) is 15.4 Å². The fourth-order valence-electron chi connectivity index (χ4n) is 6.23. The minimum atomic E-state index is -1.42. The highest BCUT2D eigenvalue weighted by Gasteiger charge is 2.26. The minimum absolute atomic E-state index is 0.00924. The highest BCUT2D eigenvalue weighted by atomic mass is 16.5. The molecule has 1 heterocycles. The summed E-state index contributed by atoms with van der Waals surface area (Å²) in [5.74, 6) is -6.40. The highest BCUT2D eigenvalue weighted by Crippen LogP contribution is 2.40. The molecule has 6 aromatic rings. The molecule has 10 N–H and O–H groups in total. The van der Waals surface area contributed by atoms with E-state index < -0.39 is 52.7 Å². The number of hydrogen-bond donors (Lipinski definition) is 10. The zero-order valence-electron chi connectivity index (χ0n) is 34.6. The Kier molecular flexibility index (Phi) is 14.0. The van der Waals surface area contributed by atoms with Crippen LogP contribution in [0.15, 0.2) is 109 Å². The molecular formula is C45H40N8O12. The van der Waals surface area contributed by atoms with E-state index in [4.69, 9.17) is 9.47 Å². The number of benzene rings is 5. The second-order valence-corrected chi connectivity index (χ2v) is 14.0. The fraction of sp³-hybridized carbons (Fsp3) is 0.111. The van der Waals surface area contributed by atoms with E-state index in [2.05, 4.69) is 42.0 Å². The number of carboxylic acid groups (broad SMARTS) is 1. The lowest BCUT2D eigenvalue weighted by molar-refractivity contribution is -0.118. The number of aromatic nitrogens is 3. The summed E-state index contributed by atoms with van der Waals surface area (Å²) in [6.07, 6.45) is 3.02. The van der Waals surface area contributed by atoms with Gasteiger partial charge in [0.15, 0.2) is 23.0 Å². The Morgan fingerprint density at radius 3 is 1.75 bits per heavy atom. The van der Waals surface area contributed by atoms with Crippen molar-refractivity contribution < 1.29 is 58.7 Å². The van der Waals surface area contributed by atoms with E-state index in [-0.39, 0.29) is 63.3 Å². The van der Waals surface area contributed by atoms with Crippen molar-refractivity contribution >= 4 is 64.3 Å². The third kappa shape index (κ3) is 11.0. The van der Waals surface area contributed by atoms with Crippen LogP contribution in [-0.4, -0.2) is 91.6 Å². The molecule has 0 saturated heterocycles. The van der Waals surface area contributed by atoms with Crippen LogP contribution in [0.2, 0.25) is 0 Å². The monoisotopic (exact) mass is 884 g/mol. The van der Waals surface area contributed by atoms with Gasteiger partial charge in [0.25, 0.3) is 23.6 Å². The smallest absolute Gasteiger partial charge is 0.339 e. The van der Waals surface area contributed by atoms with Crippen molar-refractivity contribution in [3.8, 4) is 28.7 Å². The number of nitrogens with zero attached hydrogens (tertiary/aromatic N) is 2. The van der Waals surface area contributed by atoms with E-state index >= 15 is 0 Å². The SMILES string of the molecule is COc1c(NC(=O)c2ccc(NC(=O)c3ccc(NC(=O)C(Cc4cn[nH]n4)NC(=O)c4ccc(NC(=O)/C(C)=C/c5ccc(O)cc5)cc4)cc3)c(OC)c2O)ccc(C(=O)O)c1O. The minimum Gasteiger partial charge on any atom is -0.508 e. The standard InChI is InChI=1S/C45H40N8O12/c1-23(20-24-4-14-30(54)15-5-24)40(57)47-27-10-6-26(7-11-27)42(59)51-35(21-29-22-46-53-52-29)44(61)48-28-12-8-25(9-13-28)41(58)49-33-18-16-31(36(55)38(33)64-2)43(60)50-34-19-17-32(45(62)63)37(56)39(34)65-3/h4-20,22,35,54-56H,21H2,1-3H3,(H,47,57)(H,48,61)(H,49,58)(H,50,60)(H,51,59)(H,62,63)(H,46,52,53)/b23-20+. The molecule has 5 amide bonds. The van der Waals surface area contributed by atoms with E-state index in [1.165, 1.54) is 92.2 Å². The number of phenols is 3. The molecule has 1 unspecified atom stereocenters. The van der Waals surface area contributed by atoms with Crippen molar-refractivity contribution in [3.63, 3.8) is 0 Å². The maximum absolute atomic E-state index is 13.6. The van der Waals surface area contributed by atoms with E-state index in [9.17, 15) is 49.2 Å². The summed E-state index contributed by atoms with van der Waals surface area (Å²) < 4.78 is 10.4. The number of nitrogens with one attached hydrogen (secondary N) is 6. The Hall–Kier alpha value is -9.20. The predicted octanol–water partition coefficient (Wildman–Crippen LogP) is 5.16. The second kappa shape index (κ2) is 20.1. The largest absolute Gasteiger partial charge is 0.508 e. The number of aromatic hydroxyl groups is 3. The molecule has 65 heavy (non-hydrogen) atoms. The summed E-state index contributed by atoms with van der Waals surface area (Å²) in [4.78, 5) is 77.6. The molecule has 20 nitrogen and oxygen atoms in total. The zero-order chi connectivity index (χ0) is 46.8. The number of aromatic carboxylic acids is 1. The Balaban J connectivity index is 1.08. The van der Waals surface area contributed by atoms with Crippen LogP contribution < -0.4 is 36.1 Å². The Labute approximate surface area is 368 Å². The van der Waals surface area contributed by atoms with Crippen LogP contribution in [0.3, 0.4) is 0 Å². The van der Waals surface area contributed by atoms with Crippen molar-refractivity contribution in [2.45, 2.75) is 19.4 Å². The van der Waals surface area contributed by atoms with Gasteiger partial charge in [-0.15, -0.1) is 0 Å². The van der Waals surface area contributed by atoms with Crippen molar-refractivity contribution in [1.29, 1.82) is 0 Å². The number of aromatic amines is 1. The third-order valence-corrected chi connectivity index (χ3v) is 9.60. The molecule has 332 valence electrons. The molecule has 20 heteroatoms. The van der Waals surface area contributed by atoms with Gasteiger partial charge in [-0.05, 0) is 103 Å². The van der Waals surface area contributed by atoms with E-state index in [0.717, 1.165) is 18.7 Å². The summed E-state index contributed by atoms with van der Waals surface area (Å²) in [6.45, 7) is 1.64. The quantitative estimate of drug-likeness (QED) is 0.0562. The first kappa shape index (κ1) is 45.3. The number of hydrogen-bond acceptors (Lipinski definition) is 13. The summed E-state index contributed by atoms with van der Waals surface area (Å²) >= 11 is 0. The van der Waals surface area contributed by atoms with Gasteiger partial charge in [0.05, 0.1) is 43.0 Å². The molecule has 0 radical (unpaired) electrons. The van der Waals surface area contributed by atoms with Crippen molar-refractivity contribution in [2.75, 3.05) is 35.5 Å². The van der Waals surface area contributed by atoms with Crippen LogP contribution in [0.25, 0.3) is 6.08 Å². The van der Waals surface area contributed by atoms with E-state index in [1.807, 2.05) is 0 Å². The number of ether oxygens (including phenoxy) is 2. The summed E-state index contributed by atoms with van der Waals surface area (Å²) in [5.41, 5.74) is 1.66. The average molecular weight is 885 g/mol. The number of amides is 5. The molecule has 0 aliphatic rings. The first-order valence-corrected chi connectivity index (χ1v) is 19.3. The van der Waals surface area contributed by atoms with Gasteiger partial charge in [0, 0.05) is 34.5 Å². The number of anilines is 4. The number of rotatable bonds is 16. The molecule has 0 spiro atoms. The van der Waals surface area contributed by atoms with Crippen LogP contribution in [-0.2, 0) is 16.0 Å². The van der Waals surface area contributed by atoms with Crippen LogP contribution in [0, 0.1) is 0 Å². The molecule has 1 aromatic heterocycles. The summed E-state index contributed by atoms with van der Waals surface area (Å²) in [7, 11) is 2.37. The molecule has 0 bridgehead atoms. The van der Waals surface area contributed by atoms with Gasteiger partial charge < -0.3 is 56.5 Å². The lowest BCUT2D eigenvalue weighted by atomic mass is 10.1. The zero-order valence-corrected chi connectivity index (χ0v) is 34.6. The van der Waals surface area contributed by atoms with Gasteiger partial charge in [0.2, 0.25) is 5.91 Å². The average Bonchev–Trinajstić information content (AvgIpc) is 3.80. The first-order chi connectivity index (χ1) is 31.1. The van der Waals surface area contributed by atoms with Gasteiger partial charge in [0.1, 0.15) is 17.4 Å². The molecule has 0 aliphatic heterocycles. The third-order valence-electron chi connectivity index (χ3n) is 9.60. The molecule has 5 aromatic carbocycles. The lowest BCUT2D eigenvalue weighted by Crippen LogP contribution is -2.45. The fourth-order valence-corrected chi connectivity index (χ4v) is 6.23. The predicted molar refractivity (Wildman–Crippen MR) is 235 cm³/mol. The number of phenolic OH excluding ortho intramolecular Hbond substituents is 2. The van der Waals surface area contributed by atoms with E-state index in [0.29, 0.717) is 17.0 Å². The molecule has 6 rings (SSSR count). The molecule has 0 fully saturated rings. The van der Waals surface area contributed by atoms with Crippen LogP contribution in [0.1, 0.15) is 59.6 Å². The highest BCUT2D eigenvalue weighted by molar-refractivity contribution is 6.11. The van der Waals surface area contributed by atoms with Crippen LogP contribution >= 0.6 is 0 Å². The second-order valence-electron chi connectivity index (χ2n) is 14.0. The Morgan fingerprint density at radius 1 is 0.662 bits per heavy atom. The number of carbonyl (C=O) groups excluding carboxylic acids is 5. The van der Waals surface area contributed by atoms with Crippen molar-refractivity contribution in [3.05, 3.63) is 142 Å². The Bertz CT molecular complexity index is 2790. The van der Waals surface area contributed by atoms with Gasteiger partial charge in [-0.1, -0.05) is 12.1 Å². The van der Waals surface area contributed by atoms with Crippen LogP contribution in [0.4, 0.5) is 22.7 Å². The molecular weight excluding hydrogens is 845 g/mol. The van der Waals surface area contributed by atoms with Crippen molar-refractivity contribution in [2.24, 2.45) is 0 Å². The summed E-state index contributed by atoms with van der Waals surface area (Å²) in [6, 6.07) is 21.8. The maximum atomic E-state index is 13.6. The van der Waals surface area contributed by atoms with E-state index in [1.54, 1.807) is 25.1 Å². The normalized spacial score (nSPS) is 11.4.